The highest BCUT2D eigenvalue weighted by Gasteiger charge is 2.16. The molecule has 1 aliphatic rings. The number of ether oxygens (including phenoxy) is 1. The molecular weight excluding hydrogens is 264 g/mol. The average molecular weight is 290 g/mol. The summed E-state index contributed by atoms with van der Waals surface area (Å²) in [5, 5.41) is 3.01. The van der Waals surface area contributed by atoms with E-state index < -0.39 is 0 Å². The third kappa shape index (κ3) is 5.76. The summed E-state index contributed by atoms with van der Waals surface area (Å²) in [7, 11) is 0. The zero-order chi connectivity index (χ0) is 14.9. The molecule has 1 amide bonds. The molecule has 1 heterocycles. The van der Waals surface area contributed by atoms with E-state index in [9.17, 15) is 4.79 Å². The SMILES string of the molecule is CC(CNC(=O)CCOc1ccccc1)N1CCCCC1. The minimum absolute atomic E-state index is 0.0646. The van der Waals surface area contributed by atoms with Crippen LogP contribution in [0.5, 0.6) is 5.75 Å². The number of likely N-dealkylation sites (tertiary alicyclic amines) is 1. The van der Waals surface area contributed by atoms with E-state index in [4.69, 9.17) is 4.74 Å². The average Bonchev–Trinajstić information content (AvgIpc) is 2.54. The van der Waals surface area contributed by atoms with Gasteiger partial charge in [0.15, 0.2) is 0 Å². The summed E-state index contributed by atoms with van der Waals surface area (Å²) in [6.45, 7) is 5.66. The molecule has 1 N–H and O–H groups in total. The van der Waals surface area contributed by atoms with E-state index in [-0.39, 0.29) is 5.91 Å². The van der Waals surface area contributed by atoms with Gasteiger partial charge in [0.05, 0.1) is 13.0 Å². The Bertz CT molecular complexity index is 416. The molecule has 0 radical (unpaired) electrons. The van der Waals surface area contributed by atoms with Crippen LogP contribution >= 0.6 is 0 Å². The second-order valence-corrected chi connectivity index (χ2v) is 5.66. The molecule has 0 aromatic heterocycles. The van der Waals surface area contributed by atoms with E-state index in [1.54, 1.807) is 0 Å². The maximum atomic E-state index is 11.8. The number of rotatable bonds is 7. The molecule has 0 aliphatic carbocycles. The van der Waals surface area contributed by atoms with Gasteiger partial charge in [-0.05, 0) is 45.0 Å². The van der Waals surface area contributed by atoms with Gasteiger partial charge in [-0.1, -0.05) is 24.6 Å². The maximum absolute atomic E-state index is 11.8. The number of hydrogen-bond acceptors (Lipinski definition) is 3. The van der Waals surface area contributed by atoms with Crippen LogP contribution in [0.15, 0.2) is 30.3 Å². The van der Waals surface area contributed by atoms with Crippen LogP contribution in [0.3, 0.4) is 0 Å². The number of nitrogens with one attached hydrogen (secondary N) is 1. The summed E-state index contributed by atoms with van der Waals surface area (Å²) in [6.07, 6.45) is 4.31. The number of benzene rings is 1. The first-order valence-corrected chi connectivity index (χ1v) is 7.94. The van der Waals surface area contributed by atoms with Crippen LogP contribution in [0.1, 0.15) is 32.6 Å². The van der Waals surface area contributed by atoms with Crippen molar-refractivity contribution in [3.8, 4) is 5.75 Å². The minimum Gasteiger partial charge on any atom is -0.493 e. The number of carbonyl (C=O) groups excluding carboxylic acids is 1. The molecular formula is C17H26N2O2. The molecule has 4 heteroatoms. The third-order valence-corrected chi connectivity index (χ3v) is 3.95. The van der Waals surface area contributed by atoms with Gasteiger partial charge in [-0.3, -0.25) is 9.69 Å². The summed E-state index contributed by atoms with van der Waals surface area (Å²) < 4.78 is 5.53. The first-order chi connectivity index (χ1) is 10.3. The van der Waals surface area contributed by atoms with Gasteiger partial charge >= 0.3 is 0 Å². The van der Waals surface area contributed by atoms with E-state index in [1.807, 2.05) is 30.3 Å². The van der Waals surface area contributed by atoms with Gasteiger partial charge in [-0.25, -0.2) is 0 Å². The monoisotopic (exact) mass is 290 g/mol. The van der Waals surface area contributed by atoms with E-state index in [0.29, 0.717) is 19.1 Å². The molecule has 1 saturated heterocycles. The van der Waals surface area contributed by atoms with E-state index in [1.165, 1.54) is 19.3 Å². The first kappa shape index (κ1) is 15.8. The van der Waals surface area contributed by atoms with Crippen molar-refractivity contribution in [3.63, 3.8) is 0 Å². The van der Waals surface area contributed by atoms with Crippen molar-refractivity contribution < 1.29 is 9.53 Å². The second kappa shape index (κ2) is 8.67. The molecule has 1 unspecified atom stereocenters. The summed E-state index contributed by atoms with van der Waals surface area (Å²) in [5.41, 5.74) is 0. The molecule has 116 valence electrons. The topological polar surface area (TPSA) is 41.6 Å². The van der Waals surface area contributed by atoms with Crippen LogP contribution in [0, 0.1) is 0 Å². The zero-order valence-electron chi connectivity index (χ0n) is 12.9. The number of nitrogens with zero attached hydrogens (tertiary/aromatic N) is 1. The molecule has 0 bridgehead atoms. The fourth-order valence-electron chi connectivity index (χ4n) is 2.62. The predicted molar refractivity (Wildman–Crippen MR) is 84.4 cm³/mol. The standard InChI is InChI=1S/C17H26N2O2/c1-15(19-11-6-3-7-12-19)14-18-17(20)10-13-21-16-8-4-2-5-9-16/h2,4-5,8-9,15H,3,6-7,10-14H2,1H3,(H,18,20). The zero-order valence-corrected chi connectivity index (χ0v) is 12.9. The third-order valence-electron chi connectivity index (χ3n) is 3.95. The van der Waals surface area contributed by atoms with Crippen molar-refractivity contribution >= 4 is 5.91 Å². The van der Waals surface area contributed by atoms with Crippen molar-refractivity contribution in [2.75, 3.05) is 26.2 Å². The lowest BCUT2D eigenvalue weighted by Crippen LogP contribution is -2.44. The Hall–Kier alpha value is -1.55. The van der Waals surface area contributed by atoms with Crippen molar-refractivity contribution in [2.45, 2.75) is 38.6 Å². The van der Waals surface area contributed by atoms with Crippen LogP contribution in [-0.4, -0.2) is 43.1 Å². The van der Waals surface area contributed by atoms with Gasteiger partial charge in [-0.2, -0.15) is 0 Å². The van der Waals surface area contributed by atoms with Crippen molar-refractivity contribution in [3.05, 3.63) is 30.3 Å². The van der Waals surface area contributed by atoms with Crippen LogP contribution in [0.4, 0.5) is 0 Å². The summed E-state index contributed by atoms with van der Waals surface area (Å²) in [6, 6.07) is 10.0. The largest absolute Gasteiger partial charge is 0.493 e. The Morgan fingerprint density at radius 2 is 1.95 bits per heavy atom. The highest BCUT2D eigenvalue weighted by atomic mass is 16.5. The van der Waals surface area contributed by atoms with Gasteiger partial charge in [0, 0.05) is 12.6 Å². The lowest BCUT2D eigenvalue weighted by molar-refractivity contribution is -0.121. The molecule has 1 aromatic rings. The number of para-hydroxylation sites is 1. The Labute approximate surface area is 127 Å². The highest BCUT2D eigenvalue weighted by molar-refractivity contribution is 5.76. The lowest BCUT2D eigenvalue weighted by atomic mass is 10.1. The second-order valence-electron chi connectivity index (χ2n) is 5.66. The molecule has 0 spiro atoms. The quantitative estimate of drug-likeness (QED) is 0.838. The van der Waals surface area contributed by atoms with E-state index in [2.05, 4.69) is 17.1 Å². The van der Waals surface area contributed by atoms with Crippen LogP contribution in [-0.2, 0) is 4.79 Å². The van der Waals surface area contributed by atoms with Crippen molar-refractivity contribution in [2.24, 2.45) is 0 Å². The Morgan fingerprint density at radius 3 is 2.67 bits per heavy atom. The van der Waals surface area contributed by atoms with Crippen molar-refractivity contribution in [1.29, 1.82) is 0 Å². The molecule has 4 nitrogen and oxygen atoms in total. The Balaban J connectivity index is 1.58. The Kier molecular flexibility index (Phi) is 6.54. The molecule has 0 saturated carbocycles. The van der Waals surface area contributed by atoms with Crippen LogP contribution in [0.2, 0.25) is 0 Å². The van der Waals surface area contributed by atoms with Gasteiger partial charge in [0.25, 0.3) is 0 Å². The minimum atomic E-state index is 0.0646. The molecule has 2 rings (SSSR count). The number of hydrogen-bond donors (Lipinski definition) is 1. The van der Waals surface area contributed by atoms with Crippen LogP contribution in [0.25, 0.3) is 0 Å². The van der Waals surface area contributed by atoms with Crippen molar-refractivity contribution in [1.82, 2.24) is 10.2 Å². The normalized spacial score (nSPS) is 17.2. The van der Waals surface area contributed by atoms with Crippen LogP contribution < -0.4 is 10.1 Å². The maximum Gasteiger partial charge on any atom is 0.223 e. The smallest absolute Gasteiger partial charge is 0.223 e. The predicted octanol–water partition coefficient (Wildman–Crippen LogP) is 2.45. The molecule has 21 heavy (non-hydrogen) atoms. The number of carbonyl (C=O) groups is 1. The van der Waals surface area contributed by atoms with Gasteiger partial charge < -0.3 is 10.1 Å². The number of piperidine rings is 1. The molecule has 1 aliphatic heterocycles. The summed E-state index contributed by atoms with van der Waals surface area (Å²) in [5.74, 6) is 0.877. The molecule has 1 fully saturated rings. The fraction of sp³-hybridized carbons (Fsp3) is 0.588. The fourth-order valence-corrected chi connectivity index (χ4v) is 2.62. The van der Waals surface area contributed by atoms with Gasteiger partial charge in [-0.15, -0.1) is 0 Å². The van der Waals surface area contributed by atoms with Gasteiger partial charge in [0.2, 0.25) is 5.91 Å². The van der Waals surface area contributed by atoms with Gasteiger partial charge in [0.1, 0.15) is 5.75 Å². The first-order valence-electron chi connectivity index (χ1n) is 7.94. The summed E-state index contributed by atoms with van der Waals surface area (Å²) >= 11 is 0. The highest BCUT2D eigenvalue weighted by Crippen LogP contribution is 2.11. The van der Waals surface area contributed by atoms with E-state index in [0.717, 1.165) is 25.4 Å². The Morgan fingerprint density at radius 1 is 1.24 bits per heavy atom. The lowest BCUT2D eigenvalue weighted by Gasteiger charge is -2.32. The number of amides is 1. The molecule has 1 aromatic carbocycles. The van der Waals surface area contributed by atoms with E-state index >= 15 is 0 Å². The summed E-state index contributed by atoms with van der Waals surface area (Å²) in [4.78, 5) is 14.3. The molecule has 1 atom stereocenters.